The third kappa shape index (κ3) is 4.50. The number of carbonyl (C=O) groups excluding carboxylic acids is 2. The number of anilines is 1. The summed E-state index contributed by atoms with van der Waals surface area (Å²) in [7, 11) is 2.88. The van der Waals surface area contributed by atoms with Crippen LogP contribution in [0.3, 0.4) is 0 Å². The molecule has 0 aliphatic heterocycles. The first-order chi connectivity index (χ1) is 12.5. The largest absolute Gasteiger partial charge is 0.504 e. The molecule has 26 heavy (non-hydrogen) atoms. The molecule has 0 aliphatic rings. The van der Waals surface area contributed by atoms with Crippen molar-refractivity contribution in [3.05, 3.63) is 47.5 Å². The minimum atomic E-state index is -0.966. The lowest BCUT2D eigenvalue weighted by Crippen LogP contribution is -2.32. The summed E-state index contributed by atoms with van der Waals surface area (Å²) in [5.74, 6) is -1.29. The average molecular weight is 357 g/mol. The Labute approximate surface area is 150 Å². The lowest BCUT2D eigenvalue weighted by atomic mass is 10.2. The van der Waals surface area contributed by atoms with Crippen LogP contribution in [0.25, 0.3) is 0 Å². The van der Waals surface area contributed by atoms with Crippen LogP contribution in [0.2, 0.25) is 0 Å². The summed E-state index contributed by atoms with van der Waals surface area (Å²) in [4.78, 5) is 23.8. The Bertz CT molecular complexity index is 849. The molecule has 0 saturated carbocycles. The van der Waals surface area contributed by atoms with Crippen LogP contribution in [-0.4, -0.2) is 37.4 Å². The summed E-state index contributed by atoms with van der Waals surface area (Å²) in [5, 5.41) is 16.0. The second-order valence-electron chi connectivity index (χ2n) is 5.26. The number of hydrazone groups is 1. The quantitative estimate of drug-likeness (QED) is 0.429. The molecule has 8 nitrogen and oxygen atoms in total. The van der Waals surface area contributed by atoms with E-state index in [4.69, 9.17) is 9.47 Å². The van der Waals surface area contributed by atoms with Crippen LogP contribution in [0.15, 0.2) is 41.5 Å². The van der Waals surface area contributed by atoms with E-state index in [1.807, 2.05) is 13.0 Å². The zero-order chi connectivity index (χ0) is 19.1. The van der Waals surface area contributed by atoms with Crippen molar-refractivity contribution in [1.29, 1.82) is 0 Å². The zero-order valence-electron chi connectivity index (χ0n) is 14.6. The van der Waals surface area contributed by atoms with Crippen molar-refractivity contribution in [2.45, 2.75) is 6.92 Å². The van der Waals surface area contributed by atoms with E-state index in [0.29, 0.717) is 17.0 Å². The number of hydrogen-bond acceptors (Lipinski definition) is 6. The fraction of sp³-hybridized carbons (Fsp3) is 0.167. The van der Waals surface area contributed by atoms with Gasteiger partial charge in [0.25, 0.3) is 0 Å². The molecule has 2 aromatic carbocycles. The van der Waals surface area contributed by atoms with Crippen LogP contribution in [0, 0.1) is 6.92 Å². The monoisotopic (exact) mass is 357 g/mol. The maximum Gasteiger partial charge on any atom is 0.329 e. The lowest BCUT2D eigenvalue weighted by Gasteiger charge is -2.10. The molecule has 3 N–H and O–H groups in total. The molecule has 0 heterocycles. The van der Waals surface area contributed by atoms with E-state index in [-0.39, 0.29) is 11.5 Å². The molecule has 0 fully saturated rings. The third-order valence-corrected chi connectivity index (χ3v) is 3.43. The highest BCUT2D eigenvalue weighted by Gasteiger charge is 2.15. The van der Waals surface area contributed by atoms with Crippen molar-refractivity contribution in [2.75, 3.05) is 19.5 Å². The van der Waals surface area contributed by atoms with Crippen LogP contribution in [0.5, 0.6) is 17.2 Å². The predicted molar refractivity (Wildman–Crippen MR) is 96.8 cm³/mol. The minimum absolute atomic E-state index is 0.123. The second-order valence-corrected chi connectivity index (χ2v) is 5.26. The van der Waals surface area contributed by atoms with Gasteiger partial charge < -0.3 is 19.9 Å². The first-order valence-corrected chi connectivity index (χ1v) is 7.61. The lowest BCUT2D eigenvalue weighted by molar-refractivity contribution is -0.136. The van der Waals surface area contributed by atoms with E-state index in [0.717, 1.165) is 5.56 Å². The Kier molecular flexibility index (Phi) is 6.15. The van der Waals surface area contributed by atoms with Gasteiger partial charge in [-0.15, -0.1) is 0 Å². The summed E-state index contributed by atoms with van der Waals surface area (Å²) in [6.45, 7) is 1.85. The number of ether oxygens (including phenoxy) is 2. The van der Waals surface area contributed by atoms with Crippen molar-refractivity contribution in [1.82, 2.24) is 5.43 Å². The fourth-order valence-electron chi connectivity index (χ4n) is 2.12. The normalized spacial score (nSPS) is 10.4. The van der Waals surface area contributed by atoms with Crippen molar-refractivity contribution < 1.29 is 24.2 Å². The maximum atomic E-state index is 12.0. The van der Waals surface area contributed by atoms with Crippen LogP contribution in [-0.2, 0) is 9.59 Å². The molecule has 0 atom stereocenters. The first kappa shape index (κ1) is 18.8. The summed E-state index contributed by atoms with van der Waals surface area (Å²) >= 11 is 0. The molecule has 0 radical (unpaired) electrons. The number of phenolic OH excluding ortho intramolecular Hbond substituents is 1. The number of para-hydroxylation sites is 1. The van der Waals surface area contributed by atoms with E-state index < -0.39 is 11.8 Å². The van der Waals surface area contributed by atoms with E-state index in [9.17, 15) is 14.7 Å². The summed E-state index contributed by atoms with van der Waals surface area (Å²) in [5.41, 5.74) is 3.69. The van der Waals surface area contributed by atoms with Crippen molar-refractivity contribution in [3.63, 3.8) is 0 Å². The molecule has 0 spiro atoms. The molecule has 2 aromatic rings. The Morgan fingerprint density at radius 2 is 1.81 bits per heavy atom. The molecule has 0 aromatic heterocycles. The van der Waals surface area contributed by atoms with Gasteiger partial charge in [0.15, 0.2) is 11.5 Å². The number of aryl methyl sites for hydroxylation is 1. The van der Waals surface area contributed by atoms with Gasteiger partial charge in [0.05, 0.1) is 26.1 Å². The summed E-state index contributed by atoms with van der Waals surface area (Å²) < 4.78 is 10.1. The van der Waals surface area contributed by atoms with E-state index in [1.54, 1.807) is 30.3 Å². The van der Waals surface area contributed by atoms with Gasteiger partial charge in [0.1, 0.15) is 5.75 Å². The number of rotatable bonds is 5. The third-order valence-electron chi connectivity index (χ3n) is 3.43. The molecule has 0 bridgehead atoms. The Morgan fingerprint density at radius 3 is 2.50 bits per heavy atom. The van der Waals surface area contributed by atoms with E-state index >= 15 is 0 Å². The number of hydrogen-bond donors (Lipinski definition) is 3. The predicted octanol–water partition coefficient (Wildman–Crippen LogP) is 1.81. The number of phenols is 1. The SMILES string of the molecule is COc1ccc(C)cc1NC(=O)C(=O)N/N=C\c1cccc(OC)c1O. The van der Waals surface area contributed by atoms with Crippen molar-refractivity contribution in [3.8, 4) is 17.2 Å². The van der Waals surface area contributed by atoms with E-state index in [2.05, 4.69) is 15.8 Å². The highest BCUT2D eigenvalue weighted by atomic mass is 16.5. The van der Waals surface area contributed by atoms with E-state index in [1.165, 1.54) is 20.4 Å². The number of aromatic hydroxyl groups is 1. The number of nitrogens with zero attached hydrogens (tertiary/aromatic N) is 1. The molecular formula is C18H19N3O5. The molecule has 136 valence electrons. The standard InChI is InChI=1S/C18H19N3O5/c1-11-7-8-14(25-2)13(9-11)20-17(23)18(24)21-19-10-12-5-4-6-15(26-3)16(12)22/h4-10,22H,1-3H3,(H,20,23)(H,21,24)/b19-10-. The van der Waals surface area contributed by atoms with Gasteiger partial charge in [-0.2, -0.15) is 5.10 Å². The Morgan fingerprint density at radius 1 is 1.08 bits per heavy atom. The minimum Gasteiger partial charge on any atom is -0.504 e. The Balaban J connectivity index is 2.02. The van der Waals surface area contributed by atoms with Crippen molar-refractivity contribution >= 4 is 23.7 Å². The molecule has 2 rings (SSSR count). The Hall–Kier alpha value is -3.55. The molecule has 0 aliphatic carbocycles. The topological polar surface area (TPSA) is 109 Å². The molecule has 8 heteroatoms. The smallest absolute Gasteiger partial charge is 0.329 e. The van der Waals surface area contributed by atoms with Gasteiger partial charge in [0, 0.05) is 5.56 Å². The number of amides is 2. The molecule has 0 saturated heterocycles. The zero-order valence-corrected chi connectivity index (χ0v) is 14.6. The number of nitrogens with one attached hydrogen (secondary N) is 2. The second kappa shape index (κ2) is 8.52. The van der Waals surface area contributed by atoms with Gasteiger partial charge >= 0.3 is 11.8 Å². The maximum absolute atomic E-state index is 12.0. The highest BCUT2D eigenvalue weighted by Crippen LogP contribution is 2.28. The summed E-state index contributed by atoms with van der Waals surface area (Å²) in [6, 6.07) is 9.99. The van der Waals surface area contributed by atoms with Crippen LogP contribution >= 0.6 is 0 Å². The molecule has 0 unspecified atom stereocenters. The van der Waals surface area contributed by atoms with Gasteiger partial charge in [-0.05, 0) is 36.8 Å². The van der Waals surface area contributed by atoms with Gasteiger partial charge in [-0.3, -0.25) is 9.59 Å². The van der Waals surface area contributed by atoms with Gasteiger partial charge in [0.2, 0.25) is 0 Å². The van der Waals surface area contributed by atoms with Gasteiger partial charge in [-0.25, -0.2) is 5.43 Å². The van der Waals surface area contributed by atoms with Crippen LogP contribution in [0.1, 0.15) is 11.1 Å². The summed E-state index contributed by atoms with van der Waals surface area (Å²) in [6.07, 6.45) is 1.20. The first-order valence-electron chi connectivity index (χ1n) is 7.61. The number of carbonyl (C=O) groups is 2. The number of methoxy groups -OCH3 is 2. The highest BCUT2D eigenvalue weighted by molar-refractivity contribution is 6.39. The average Bonchev–Trinajstić information content (AvgIpc) is 2.63. The molecular weight excluding hydrogens is 338 g/mol. The van der Waals surface area contributed by atoms with Gasteiger partial charge in [-0.1, -0.05) is 12.1 Å². The molecule has 2 amide bonds. The number of benzene rings is 2. The van der Waals surface area contributed by atoms with Crippen LogP contribution < -0.4 is 20.2 Å². The van der Waals surface area contributed by atoms with Crippen molar-refractivity contribution in [2.24, 2.45) is 5.10 Å². The fourth-order valence-corrected chi connectivity index (χ4v) is 2.12. The van der Waals surface area contributed by atoms with Crippen LogP contribution in [0.4, 0.5) is 5.69 Å².